The van der Waals surface area contributed by atoms with Gasteiger partial charge in [0.2, 0.25) is 0 Å². The Morgan fingerprint density at radius 1 is 1.32 bits per heavy atom. The Morgan fingerprint density at radius 2 is 1.95 bits per heavy atom. The van der Waals surface area contributed by atoms with Crippen molar-refractivity contribution in [3.05, 3.63) is 0 Å². The summed E-state index contributed by atoms with van der Waals surface area (Å²) in [7, 11) is 4.33. The Hall–Kier alpha value is -0.670. The smallest absolute Gasteiger partial charge is 0.308 e. The van der Waals surface area contributed by atoms with E-state index in [-0.39, 0.29) is 17.8 Å². The van der Waals surface area contributed by atoms with Crippen LogP contribution in [0.15, 0.2) is 0 Å². The molecule has 1 rings (SSSR count). The van der Waals surface area contributed by atoms with Crippen molar-refractivity contribution in [1.82, 2.24) is 0 Å². The van der Waals surface area contributed by atoms with E-state index >= 15 is 0 Å². The summed E-state index contributed by atoms with van der Waals surface area (Å²) in [6.07, 6.45) is 3.09. The highest BCUT2D eigenvalue weighted by atomic mass is 32.1. The maximum absolute atomic E-state index is 11.7. The van der Waals surface area contributed by atoms with Crippen molar-refractivity contribution in [2.24, 2.45) is 11.8 Å². The molecule has 0 N–H and O–H groups in total. The molecule has 130 valence electrons. The first-order valence-electron chi connectivity index (χ1n) is 7.07. The van der Waals surface area contributed by atoms with Gasteiger partial charge >= 0.3 is 5.97 Å². The number of rotatable bonds is 7. The minimum atomic E-state index is -0.764. The van der Waals surface area contributed by atoms with Crippen LogP contribution >= 0.6 is 12.9 Å². The highest BCUT2D eigenvalue weighted by Crippen LogP contribution is 2.40. The maximum atomic E-state index is 11.7. The molecule has 0 saturated heterocycles. The molecular weight excluding hydrogens is 312 g/mol. The number of ether oxygens (including phenoxy) is 3. The third kappa shape index (κ3) is 7.06. The van der Waals surface area contributed by atoms with E-state index in [1.807, 2.05) is 6.92 Å². The van der Waals surface area contributed by atoms with Crippen LogP contribution in [-0.4, -0.2) is 46.0 Å². The van der Waals surface area contributed by atoms with Crippen LogP contribution in [0.2, 0.25) is 0 Å². The number of hydrogen-bond acceptors (Lipinski definition) is 8. The molecule has 0 bridgehead atoms. The summed E-state index contributed by atoms with van der Waals surface area (Å²) in [4.78, 5) is 26.3. The van der Waals surface area contributed by atoms with E-state index in [1.54, 1.807) is 7.11 Å². The molecule has 3 atom stereocenters. The second-order valence-corrected chi connectivity index (χ2v) is 5.07. The summed E-state index contributed by atoms with van der Waals surface area (Å²) >= 11 is 3.20. The van der Waals surface area contributed by atoms with Crippen molar-refractivity contribution >= 4 is 25.2 Å². The molecule has 8 heteroatoms. The predicted octanol–water partition coefficient (Wildman–Crippen LogP) is 1.95. The van der Waals surface area contributed by atoms with Crippen LogP contribution in [0.1, 0.15) is 32.6 Å². The van der Waals surface area contributed by atoms with Gasteiger partial charge in [-0.2, -0.15) is 4.33 Å². The molecule has 0 aromatic rings. The van der Waals surface area contributed by atoms with E-state index in [1.165, 1.54) is 14.2 Å². The van der Waals surface area contributed by atoms with Gasteiger partial charge in [0.15, 0.2) is 5.79 Å². The zero-order chi connectivity index (χ0) is 17.0. The van der Waals surface area contributed by atoms with Crippen LogP contribution in [0, 0.1) is 11.8 Å². The number of aldehydes is 1. The van der Waals surface area contributed by atoms with Gasteiger partial charge in [-0.05, 0) is 19.3 Å². The third-order valence-corrected chi connectivity index (χ3v) is 3.74. The lowest BCUT2D eigenvalue weighted by Crippen LogP contribution is -2.45. The average Bonchev–Trinajstić information content (AvgIpc) is 2.54. The lowest BCUT2D eigenvalue weighted by atomic mass is 9.76. The Balaban J connectivity index is 0.000000980. The van der Waals surface area contributed by atoms with E-state index in [0.717, 1.165) is 6.29 Å². The fraction of sp³-hybridized carbons (Fsp3) is 0.857. The van der Waals surface area contributed by atoms with Gasteiger partial charge in [0, 0.05) is 45.9 Å². The lowest BCUT2D eigenvalue weighted by Gasteiger charge is -2.41. The largest absolute Gasteiger partial charge is 0.469 e. The van der Waals surface area contributed by atoms with Gasteiger partial charge in [-0.25, -0.2) is 4.89 Å². The first-order valence-corrected chi connectivity index (χ1v) is 7.43. The van der Waals surface area contributed by atoms with Crippen LogP contribution < -0.4 is 0 Å². The summed E-state index contributed by atoms with van der Waals surface area (Å²) in [6.45, 7) is 2.40. The van der Waals surface area contributed by atoms with Gasteiger partial charge in [0.05, 0.1) is 20.1 Å². The van der Waals surface area contributed by atoms with Gasteiger partial charge in [0.1, 0.15) is 6.29 Å². The Morgan fingerprint density at radius 3 is 2.36 bits per heavy atom. The normalized spacial score (nSPS) is 27.5. The molecule has 1 aliphatic carbocycles. The number of hydrogen-bond donors (Lipinski definition) is 1. The van der Waals surface area contributed by atoms with Gasteiger partial charge in [-0.1, -0.05) is 0 Å². The molecule has 1 fully saturated rings. The molecule has 1 aliphatic rings. The topological polar surface area (TPSA) is 80.3 Å². The first-order chi connectivity index (χ1) is 10.5. The van der Waals surface area contributed by atoms with Crippen LogP contribution in [0.5, 0.6) is 0 Å². The summed E-state index contributed by atoms with van der Waals surface area (Å²) in [5.74, 6) is -1.18. The van der Waals surface area contributed by atoms with Gasteiger partial charge in [0.25, 0.3) is 0 Å². The van der Waals surface area contributed by atoms with E-state index in [4.69, 9.17) is 14.2 Å². The van der Waals surface area contributed by atoms with Crippen molar-refractivity contribution in [2.45, 2.75) is 38.4 Å². The highest BCUT2D eigenvalue weighted by Gasteiger charge is 2.44. The number of carbonyl (C=O) groups excluding carboxylic acids is 2. The van der Waals surface area contributed by atoms with Crippen molar-refractivity contribution in [3.8, 4) is 0 Å². The standard InChI is InChI=1S/C13H22O5.CH4O2S/c1-4-18-13(17-3)8-10(5-6-14)7-11(9-13)12(15)16-2;1-2-3-4/h6,10-11H,4-5,7-9H2,1-3H3;4H,1H3. The molecule has 0 radical (unpaired) electrons. The molecule has 0 heterocycles. The van der Waals surface area contributed by atoms with Crippen molar-refractivity contribution in [3.63, 3.8) is 0 Å². The molecule has 1 saturated carbocycles. The van der Waals surface area contributed by atoms with E-state index < -0.39 is 5.79 Å². The van der Waals surface area contributed by atoms with E-state index in [0.29, 0.717) is 32.3 Å². The number of methoxy groups -OCH3 is 2. The maximum Gasteiger partial charge on any atom is 0.308 e. The SMILES string of the molecule is CCOC1(OC)CC(CC=O)CC(C(=O)OC)C1.COOS. The van der Waals surface area contributed by atoms with Crippen LogP contribution in [0.3, 0.4) is 0 Å². The Bertz CT molecular complexity index is 324. The predicted molar refractivity (Wildman–Crippen MR) is 82.0 cm³/mol. The number of esters is 1. The Kier molecular flexibility index (Phi) is 11.5. The highest BCUT2D eigenvalue weighted by molar-refractivity contribution is 7.74. The fourth-order valence-corrected chi connectivity index (χ4v) is 2.74. The van der Waals surface area contributed by atoms with Crippen LogP contribution in [0.4, 0.5) is 0 Å². The molecule has 7 nitrogen and oxygen atoms in total. The summed E-state index contributed by atoms with van der Waals surface area (Å²) in [5.41, 5.74) is 0. The molecule has 0 aliphatic heterocycles. The van der Waals surface area contributed by atoms with Gasteiger partial charge in [-0.15, -0.1) is 0 Å². The third-order valence-electron chi connectivity index (χ3n) is 3.59. The number of carbonyl (C=O) groups is 2. The monoisotopic (exact) mass is 338 g/mol. The van der Waals surface area contributed by atoms with Crippen molar-refractivity contribution < 1.29 is 33.0 Å². The minimum Gasteiger partial charge on any atom is -0.469 e. The molecule has 0 spiro atoms. The molecule has 0 aromatic heterocycles. The fourth-order valence-electron chi connectivity index (χ4n) is 2.74. The van der Waals surface area contributed by atoms with E-state index in [2.05, 4.69) is 22.1 Å². The van der Waals surface area contributed by atoms with Crippen molar-refractivity contribution in [1.29, 1.82) is 0 Å². The van der Waals surface area contributed by atoms with Gasteiger partial charge in [-0.3, -0.25) is 4.79 Å². The van der Waals surface area contributed by atoms with Gasteiger partial charge < -0.3 is 19.0 Å². The van der Waals surface area contributed by atoms with Crippen LogP contribution in [0.25, 0.3) is 0 Å². The zero-order valence-electron chi connectivity index (χ0n) is 13.6. The second-order valence-electron chi connectivity index (χ2n) is 4.92. The molecule has 22 heavy (non-hydrogen) atoms. The summed E-state index contributed by atoms with van der Waals surface area (Å²) < 4.78 is 19.7. The van der Waals surface area contributed by atoms with Crippen LogP contribution in [-0.2, 0) is 33.0 Å². The molecule has 0 aromatic carbocycles. The molecule has 3 unspecified atom stereocenters. The summed E-state index contributed by atoms with van der Waals surface area (Å²) in [5, 5.41) is 0. The lowest BCUT2D eigenvalue weighted by molar-refractivity contribution is -0.252. The van der Waals surface area contributed by atoms with Crippen molar-refractivity contribution in [2.75, 3.05) is 27.9 Å². The minimum absolute atomic E-state index is 0.104. The summed E-state index contributed by atoms with van der Waals surface area (Å²) in [6, 6.07) is 0. The van der Waals surface area contributed by atoms with E-state index in [9.17, 15) is 9.59 Å². The average molecular weight is 338 g/mol. The molecular formula is C14H26O7S. The molecule has 0 amide bonds. The Labute approximate surface area is 137 Å². The second kappa shape index (κ2) is 11.8. The first kappa shape index (κ1) is 21.3. The quantitative estimate of drug-likeness (QED) is 0.144. The zero-order valence-corrected chi connectivity index (χ0v) is 14.5. The number of thiol groups is 1.